The molecule has 0 saturated carbocycles. The van der Waals surface area contributed by atoms with Gasteiger partial charge < -0.3 is 10.6 Å². The second-order valence-corrected chi connectivity index (χ2v) is 3.95. The van der Waals surface area contributed by atoms with E-state index in [0.717, 1.165) is 37.6 Å². The third-order valence-corrected chi connectivity index (χ3v) is 2.46. The smallest absolute Gasteiger partial charge is 0.127 e. The highest BCUT2D eigenvalue weighted by atomic mass is 15.4. The fourth-order valence-corrected chi connectivity index (χ4v) is 1.56. The molecule has 0 spiro atoms. The molecular weight excluding hydrogens is 228 g/mol. The van der Waals surface area contributed by atoms with Gasteiger partial charge in [-0.2, -0.15) is 0 Å². The number of hydrogen-bond donors (Lipinski definition) is 2. The lowest BCUT2D eigenvalue weighted by atomic mass is 10.3. The van der Waals surface area contributed by atoms with Crippen LogP contribution in [0.15, 0.2) is 30.7 Å². The van der Waals surface area contributed by atoms with Crippen LogP contribution in [0.2, 0.25) is 0 Å². The molecule has 2 aromatic rings. The van der Waals surface area contributed by atoms with E-state index in [-0.39, 0.29) is 0 Å². The van der Waals surface area contributed by atoms with Crippen LogP contribution < -0.4 is 10.6 Å². The summed E-state index contributed by atoms with van der Waals surface area (Å²) in [5, 5.41) is 14.3. The van der Waals surface area contributed by atoms with Gasteiger partial charge in [0.1, 0.15) is 5.82 Å². The molecule has 0 fully saturated rings. The molecule has 0 saturated heterocycles. The largest absolute Gasteiger partial charge is 0.383 e. The average molecular weight is 246 g/mol. The number of pyridine rings is 1. The summed E-state index contributed by atoms with van der Waals surface area (Å²) in [6.07, 6.45) is 6.42. The van der Waals surface area contributed by atoms with Crippen LogP contribution in [0.25, 0.3) is 0 Å². The lowest BCUT2D eigenvalue weighted by Crippen LogP contribution is -2.11. The zero-order valence-electron chi connectivity index (χ0n) is 10.5. The molecule has 2 aromatic heterocycles. The summed E-state index contributed by atoms with van der Waals surface area (Å²) in [7, 11) is 0. The molecule has 96 valence electrons. The first-order valence-electron chi connectivity index (χ1n) is 6.16. The van der Waals surface area contributed by atoms with Crippen LogP contribution in [0.3, 0.4) is 0 Å². The van der Waals surface area contributed by atoms with Crippen LogP contribution >= 0.6 is 0 Å². The molecule has 0 aromatic carbocycles. The topological polar surface area (TPSA) is 67.7 Å². The molecule has 0 amide bonds. The molecule has 0 radical (unpaired) electrons. The molecule has 2 rings (SSSR count). The Labute approximate surface area is 106 Å². The van der Waals surface area contributed by atoms with Gasteiger partial charge in [0.2, 0.25) is 0 Å². The van der Waals surface area contributed by atoms with Crippen LogP contribution in [0.5, 0.6) is 0 Å². The molecular formula is C12H18N6. The van der Waals surface area contributed by atoms with Crippen molar-refractivity contribution in [3.63, 3.8) is 0 Å². The molecule has 6 heteroatoms. The summed E-state index contributed by atoms with van der Waals surface area (Å²) in [4.78, 5) is 4.26. The van der Waals surface area contributed by atoms with Crippen LogP contribution in [-0.2, 0) is 6.54 Å². The third-order valence-electron chi connectivity index (χ3n) is 2.46. The number of aromatic nitrogens is 4. The molecule has 0 aliphatic rings. The zero-order valence-corrected chi connectivity index (χ0v) is 10.5. The number of hydrogen-bond acceptors (Lipinski definition) is 5. The van der Waals surface area contributed by atoms with Gasteiger partial charge in [-0.3, -0.25) is 4.68 Å². The van der Waals surface area contributed by atoms with E-state index in [1.54, 1.807) is 17.1 Å². The molecule has 2 N–H and O–H groups in total. The maximum Gasteiger partial charge on any atom is 0.127 e. The first-order chi connectivity index (χ1) is 8.88. The minimum absolute atomic E-state index is 0.792. The molecule has 0 atom stereocenters. The Bertz CT molecular complexity index is 453. The van der Waals surface area contributed by atoms with Crippen molar-refractivity contribution in [1.82, 2.24) is 20.0 Å². The Hall–Kier alpha value is -2.11. The molecule has 6 nitrogen and oxygen atoms in total. The second kappa shape index (κ2) is 6.58. The number of rotatable bonds is 7. The summed E-state index contributed by atoms with van der Waals surface area (Å²) in [5.74, 6) is 0.905. The summed E-state index contributed by atoms with van der Waals surface area (Å²) in [6, 6.07) is 3.97. The Morgan fingerprint density at radius 2 is 2.17 bits per heavy atom. The second-order valence-electron chi connectivity index (χ2n) is 3.95. The maximum absolute atomic E-state index is 4.26. The predicted molar refractivity (Wildman–Crippen MR) is 71.5 cm³/mol. The molecule has 0 unspecified atom stereocenters. The summed E-state index contributed by atoms with van der Waals surface area (Å²) < 4.78 is 1.80. The minimum atomic E-state index is 0.792. The van der Waals surface area contributed by atoms with Gasteiger partial charge in [0.05, 0.1) is 12.7 Å². The number of nitrogens with one attached hydrogen (secondary N) is 2. The highest BCUT2D eigenvalue weighted by molar-refractivity contribution is 5.51. The van der Waals surface area contributed by atoms with E-state index in [9.17, 15) is 0 Å². The first kappa shape index (κ1) is 12.3. The van der Waals surface area contributed by atoms with E-state index in [2.05, 4.69) is 32.9 Å². The highest BCUT2D eigenvalue weighted by Gasteiger charge is 1.96. The van der Waals surface area contributed by atoms with E-state index >= 15 is 0 Å². The SMILES string of the molecule is CCCNc1cc(NCCn2ccnn2)ccn1. The molecule has 2 heterocycles. The van der Waals surface area contributed by atoms with Gasteiger partial charge in [0, 0.05) is 37.2 Å². The van der Waals surface area contributed by atoms with Gasteiger partial charge in [-0.1, -0.05) is 12.1 Å². The van der Waals surface area contributed by atoms with Gasteiger partial charge in [-0.25, -0.2) is 4.98 Å². The van der Waals surface area contributed by atoms with Crippen molar-refractivity contribution in [1.29, 1.82) is 0 Å². The Morgan fingerprint density at radius 1 is 1.22 bits per heavy atom. The number of nitrogens with zero attached hydrogens (tertiary/aromatic N) is 4. The summed E-state index contributed by atoms with van der Waals surface area (Å²) >= 11 is 0. The predicted octanol–water partition coefficient (Wildman–Crippen LogP) is 1.61. The van der Waals surface area contributed by atoms with Crippen LogP contribution in [0, 0.1) is 0 Å². The van der Waals surface area contributed by atoms with Crippen molar-refractivity contribution in [3.05, 3.63) is 30.7 Å². The fourth-order valence-electron chi connectivity index (χ4n) is 1.56. The summed E-state index contributed by atoms with van der Waals surface area (Å²) in [6.45, 7) is 4.67. The average Bonchev–Trinajstić information content (AvgIpc) is 2.90. The van der Waals surface area contributed by atoms with Gasteiger partial charge in [0.15, 0.2) is 0 Å². The molecule has 0 aliphatic heterocycles. The van der Waals surface area contributed by atoms with Crippen LogP contribution in [0.4, 0.5) is 11.5 Å². The van der Waals surface area contributed by atoms with E-state index in [4.69, 9.17) is 0 Å². The van der Waals surface area contributed by atoms with Crippen molar-refractivity contribution in [2.75, 3.05) is 23.7 Å². The van der Waals surface area contributed by atoms with Gasteiger partial charge in [0.25, 0.3) is 0 Å². The van der Waals surface area contributed by atoms with Crippen LogP contribution in [-0.4, -0.2) is 33.1 Å². The Morgan fingerprint density at radius 3 is 2.94 bits per heavy atom. The fraction of sp³-hybridized carbons (Fsp3) is 0.417. The Balaban J connectivity index is 1.81. The minimum Gasteiger partial charge on any atom is -0.383 e. The third kappa shape index (κ3) is 3.73. The van der Waals surface area contributed by atoms with E-state index in [1.807, 2.05) is 18.3 Å². The number of anilines is 2. The molecule has 0 bridgehead atoms. The highest BCUT2D eigenvalue weighted by Crippen LogP contribution is 2.11. The van der Waals surface area contributed by atoms with Gasteiger partial charge in [-0.05, 0) is 12.5 Å². The van der Waals surface area contributed by atoms with Gasteiger partial charge >= 0.3 is 0 Å². The normalized spacial score (nSPS) is 10.3. The monoisotopic (exact) mass is 246 g/mol. The first-order valence-corrected chi connectivity index (χ1v) is 6.16. The quantitative estimate of drug-likeness (QED) is 0.777. The zero-order chi connectivity index (χ0) is 12.6. The standard InChI is InChI=1S/C12H18N6/c1-2-4-14-12-10-11(3-5-15-12)13-6-8-18-9-7-16-17-18/h3,5,7,9-10H,2,4,6,8H2,1H3,(H2,13,14,15). The molecule has 18 heavy (non-hydrogen) atoms. The van der Waals surface area contributed by atoms with E-state index in [0.29, 0.717) is 0 Å². The van der Waals surface area contributed by atoms with Crippen molar-refractivity contribution in [3.8, 4) is 0 Å². The van der Waals surface area contributed by atoms with Crippen molar-refractivity contribution in [2.45, 2.75) is 19.9 Å². The van der Waals surface area contributed by atoms with Crippen molar-refractivity contribution < 1.29 is 0 Å². The maximum atomic E-state index is 4.26. The molecule has 0 aliphatic carbocycles. The lowest BCUT2D eigenvalue weighted by molar-refractivity contribution is 0.609. The van der Waals surface area contributed by atoms with Crippen LogP contribution in [0.1, 0.15) is 13.3 Å². The van der Waals surface area contributed by atoms with E-state index in [1.165, 1.54) is 0 Å². The van der Waals surface area contributed by atoms with Gasteiger partial charge in [-0.15, -0.1) is 5.10 Å². The van der Waals surface area contributed by atoms with E-state index < -0.39 is 0 Å². The lowest BCUT2D eigenvalue weighted by Gasteiger charge is -2.08. The summed E-state index contributed by atoms with van der Waals surface area (Å²) in [5.41, 5.74) is 1.06. The van der Waals surface area contributed by atoms with Crippen molar-refractivity contribution >= 4 is 11.5 Å². The van der Waals surface area contributed by atoms with Crippen molar-refractivity contribution in [2.24, 2.45) is 0 Å². The Kier molecular flexibility index (Phi) is 4.52.